The third-order valence-corrected chi connectivity index (χ3v) is 5.93. The van der Waals surface area contributed by atoms with Gasteiger partial charge in [0.1, 0.15) is 11.5 Å². The lowest BCUT2D eigenvalue weighted by atomic mass is 10.2. The van der Waals surface area contributed by atoms with E-state index < -0.39 is 24.3 Å². The minimum absolute atomic E-state index is 0.158. The third-order valence-electron chi connectivity index (χ3n) is 5.20. The molecule has 4 heterocycles. The minimum Gasteiger partial charge on any atom is -0.475 e. The Bertz CT molecular complexity index is 1240. The molecule has 10 nitrogen and oxygen atoms in total. The molecular formula is C23H23F6N5O5S. The molecule has 4 rings (SSSR count). The van der Waals surface area contributed by atoms with Crippen molar-refractivity contribution in [3.05, 3.63) is 70.2 Å². The van der Waals surface area contributed by atoms with E-state index in [1.807, 2.05) is 24.4 Å². The number of hydrogen-bond acceptors (Lipinski definition) is 7. The van der Waals surface area contributed by atoms with Gasteiger partial charge in [-0.25, -0.2) is 14.6 Å². The molecule has 1 aliphatic rings. The zero-order valence-electron chi connectivity index (χ0n) is 20.6. The van der Waals surface area contributed by atoms with Gasteiger partial charge in [0.05, 0.1) is 18.3 Å². The first-order chi connectivity index (χ1) is 18.6. The Kier molecular flexibility index (Phi) is 11.2. The maximum absolute atomic E-state index is 12.5. The highest BCUT2D eigenvalue weighted by Gasteiger charge is 2.38. The van der Waals surface area contributed by atoms with Gasteiger partial charge in [-0.05, 0) is 41.4 Å². The molecular weight excluding hydrogens is 572 g/mol. The number of aromatic nitrogens is 3. The number of alkyl halides is 6. The molecule has 0 fully saturated rings. The van der Waals surface area contributed by atoms with Crippen LogP contribution in [0.1, 0.15) is 40.5 Å². The summed E-state index contributed by atoms with van der Waals surface area (Å²) in [6, 6.07) is 8.00. The zero-order chi connectivity index (χ0) is 30.1. The van der Waals surface area contributed by atoms with E-state index in [1.165, 1.54) is 5.56 Å². The summed E-state index contributed by atoms with van der Waals surface area (Å²) in [5.74, 6) is -4.72. The number of carboxylic acid groups (broad SMARTS) is 2. The van der Waals surface area contributed by atoms with E-state index in [-0.39, 0.29) is 11.9 Å². The number of carbonyl (C=O) groups excluding carboxylic acids is 1. The summed E-state index contributed by atoms with van der Waals surface area (Å²) in [6.07, 6.45) is -6.58. The number of rotatable bonds is 5. The van der Waals surface area contributed by atoms with Crippen molar-refractivity contribution in [2.45, 2.75) is 45.0 Å². The molecule has 1 unspecified atom stereocenters. The van der Waals surface area contributed by atoms with Crippen LogP contribution >= 0.6 is 11.3 Å². The van der Waals surface area contributed by atoms with E-state index >= 15 is 0 Å². The number of nitrogens with one attached hydrogen (secondary N) is 1. The van der Waals surface area contributed by atoms with Crippen LogP contribution in [0, 0.1) is 0 Å². The molecule has 0 aromatic carbocycles. The van der Waals surface area contributed by atoms with Gasteiger partial charge >= 0.3 is 24.3 Å². The molecule has 0 saturated carbocycles. The van der Waals surface area contributed by atoms with Crippen molar-refractivity contribution in [3.8, 4) is 0 Å². The summed E-state index contributed by atoms with van der Waals surface area (Å²) in [6.45, 7) is 5.28. The van der Waals surface area contributed by atoms with Crippen molar-refractivity contribution in [1.82, 2.24) is 24.8 Å². The summed E-state index contributed by atoms with van der Waals surface area (Å²) in [5, 5.41) is 21.4. The Labute approximate surface area is 226 Å². The molecule has 0 bridgehead atoms. The van der Waals surface area contributed by atoms with Crippen LogP contribution in [0.3, 0.4) is 0 Å². The highest BCUT2D eigenvalue weighted by Crippen LogP contribution is 2.26. The van der Waals surface area contributed by atoms with Gasteiger partial charge < -0.3 is 20.1 Å². The van der Waals surface area contributed by atoms with Crippen LogP contribution < -0.4 is 5.32 Å². The van der Waals surface area contributed by atoms with Crippen LogP contribution in [0.5, 0.6) is 0 Å². The van der Waals surface area contributed by atoms with E-state index in [1.54, 1.807) is 17.5 Å². The average molecular weight is 596 g/mol. The number of fused-ring (bicyclic) bond motifs is 1. The molecule has 1 atom stereocenters. The highest BCUT2D eigenvalue weighted by molar-refractivity contribution is 7.07. The van der Waals surface area contributed by atoms with Gasteiger partial charge in [0.2, 0.25) is 0 Å². The maximum atomic E-state index is 12.5. The fourth-order valence-electron chi connectivity index (χ4n) is 3.24. The van der Waals surface area contributed by atoms with E-state index in [4.69, 9.17) is 19.8 Å². The van der Waals surface area contributed by atoms with E-state index in [9.17, 15) is 31.1 Å². The molecule has 3 aromatic rings. The maximum Gasteiger partial charge on any atom is 0.490 e. The van der Waals surface area contributed by atoms with Gasteiger partial charge in [-0.1, -0.05) is 6.07 Å². The van der Waals surface area contributed by atoms with Crippen LogP contribution in [0.15, 0.2) is 47.4 Å². The number of thiophene rings is 1. The van der Waals surface area contributed by atoms with Crippen LogP contribution in [0.4, 0.5) is 26.3 Å². The topological polar surface area (TPSA) is 138 Å². The number of nitrogens with zero attached hydrogens (tertiary/aromatic N) is 4. The number of halogens is 6. The Balaban J connectivity index is 0.000000333. The van der Waals surface area contributed by atoms with E-state index in [0.29, 0.717) is 12.2 Å². The van der Waals surface area contributed by atoms with Crippen LogP contribution in [0.25, 0.3) is 0 Å². The van der Waals surface area contributed by atoms with Crippen LogP contribution in [0.2, 0.25) is 0 Å². The molecule has 0 saturated heterocycles. The summed E-state index contributed by atoms with van der Waals surface area (Å²) in [7, 11) is 0. The fourth-order valence-corrected chi connectivity index (χ4v) is 3.90. The number of imidazole rings is 1. The summed E-state index contributed by atoms with van der Waals surface area (Å²) in [4.78, 5) is 41.5. The van der Waals surface area contributed by atoms with E-state index in [0.717, 1.165) is 31.2 Å². The van der Waals surface area contributed by atoms with Gasteiger partial charge in [0, 0.05) is 32.0 Å². The monoisotopic (exact) mass is 595 g/mol. The third kappa shape index (κ3) is 9.96. The number of carbonyl (C=O) groups is 3. The number of aliphatic carboxylic acids is 2. The smallest absolute Gasteiger partial charge is 0.475 e. The first-order valence-electron chi connectivity index (χ1n) is 11.2. The summed E-state index contributed by atoms with van der Waals surface area (Å²) >= 11 is 1.72. The first kappa shape index (κ1) is 32.2. The van der Waals surface area contributed by atoms with Crippen molar-refractivity contribution in [2.75, 3.05) is 6.54 Å². The molecule has 0 aliphatic carbocycles. The normalized spacial score (nSPS) is 15.0. The summed E-state index contributed by atoms with van der Waals surface area (Å²) < 4.78 is 65.6. The molecule has 0 radical (unpaired) electrons. The van der Waals surface area contributed by atoms with Crippen molar-refractivity contribution in [3.63, 3.8) is 0 Å². The predicted molar refractivity (Wildman–Crippen MR) is 128 cm³/mol. The number of hydrogen-bond donors (Lipinski definition) is 3. The Hall–Kier alpha value is -3.99. The Morgan fingerprint density at radius 3 is 2.17 bits per heavy atom. The average Bonchev–Trinajstić information content (AvgIpc) is 3.55. The number of carboxylic acids is 2. The highest BCUT2D eigenvalue weighted by atomic mass is 32.1. The second kappa shape index (κ2) is 13.9. The van der Waals surface area contributed by atoms with Crippen molar-refractivity contribution in [1.29, 1.82) is 0 Å². The van der Waals surface area contributed by atoms with Gasteiger partial charge in [-0.3, -0.25) is 14.7 Å². The zero-order valence-corrected chi connectivity index (χ0v) is 21.4. The van der Waals surface area contributed by atoms with Crippen LogP contribution in [-0.2, 0) is 29.2 Å². The number of pyridine rings is 1. The van der Waals surface area contributed by atoms with Gasteiger partial charge in [0.25, 0.3) is 5.91 Å². The molecule has 1 amide bonds. The second-order valence-electron chi connectivity index (χ2n) is 8.07. The Morgan fingerprint density at radius 2 is 1.68 bits per heavy atom. The fraction of sp³-hybridized carbons (Fsp3) is 0.348. The lowest BCUT2D eigenvalue weighted by molar-refractivity contribution is -0.193. The predicted octanol–water partition coefficient (Wildman–Crippen LogP) is 4.11. The lowest BCUT2D eigenvalue weighted by Gasteiger charge is -2.33. The van der Waals surface area contributed by atoms with Crippen LogP contribution in [-0.4, -0.2) is 66.4 Å². The molecule has 218 valence electrons. The Morgan fingerprint density at radius 1 is 1.05 bits per heavy atom. The van der Waals surface area contributed by atoms with Gasteiger partial charge in [0.15, 0.2) is 0 Å². The molecule has 3 aromatic heterocycles. The SMILES string of the molecule is CC1c2nc(C(=O)NCc3ccccn3)cn2CCN1Cc1ccsc1.O=C(O)C(F)(F)F.O=C(O)C(F)(F)F. The van der Waals surface area contributed by atoms with Crippen molar-refractivity contribution < 1.29 is 50.9 Å². The molecule has 40 heavy (non-hydrogen) atoms. The van der Waals surface area contributed by atoms with E-state index in [2.05, 4.69) is 48.5 Å². The minimum atomic E-state index is -5.08. The molecule has 17 heteroatoms. The molecule has 3 N–H and O–H groups in total. The number of amides is 1. The van der Waals surface area contributed by atoms with Crippen molar-refractivity contribution >= 4 is 29.2 Å². The summed E-state index contributed by atoms with van der Waals surface area (Å²) in [5.41, 5.74) is 2.63. The quantitative estimate of drug-likeness (QED) is 0.375. The van der Waals surface area contributed by atoms with Gasteiger partial charge in [-0.2, -0.15) is 37.7 Å². The van der Waals surface area contributed by atoms with Gasteiger partial charge in [-0.15, -0.1) is 0 Å². The second-order valence-corrected chi connectivity index (χ2v) is 8.85. The lowest BCUT2D eigenvalue weighted by Crippen LogP contribution is -2.36. The largest absolute Gasteiger partial charge is 0.490 e. The molecule has 0 spiro atoms. The molecule has 1 aliphatic heterocycles. The standard InChI is InChI=1S/C19H21N5OS.2C2HF3O2/c1-14-18-22-17(19(25)21-10-16-4-2-3-6-20-16)12-24(18)8-7-23(14)11-15-5-9-26-13-15;2*3-2(4,5)1(6)7/h2-6,9,12-14H,7-8,10-11H2,1H3,(H,21,25);2*(H,6,7). The van der Waals surface area contributed by atoms with Crippen molar-refractivity contribution in [2.24, 2.45) is 0 Å². The first-order valence-corrected chi connectivity index (χ1v) is 12.1.